The van der Waals surface area contributed by atoms with Gasteiger partial charge in [-0.15, -0.1) is 0 Å². The van der Waals surface area contributed by atoms with Gasteiger partial charge in [-0.2, -0.15) is 5.10 Å². The summed E-state index contributed by atoms with van der Waals surface area (Å²) in [4.78, 5) is 17.9. The smallest absolute Gasteiger partial charge is 0.261 e. The third kappa shape index (κ3) is 3.82. The molecule has 3 aromatic carbocycles. The van der Waals surface area contributed by atoms with Crippen molar-refractivity contribution >= 4 is 34.2 Å². The Balaban J connectivity index is 1.51. The molecule has 2 aromatic heterocycles. The molecule has 0 saturated heterocycles. The van der Waals surface area contributed by atoms with Crippen LogP contribution in [-0.2, 0) is 6.54 Å². The molecule has 0 unspecified atom stereocenters. The second-order valence-electron chi connectivity index (χ2n) is 8.41. The molecule has 0 bridgehead atoms. The Labute approximate surface area is 206 Å². The largest absolute Gasteiger partial charge is 0.497 e. The molecule has 0 aliphatic carbocycles. The minimum Gasteiger partial charge on any atom is -0.497 e. The zero-order valence-corrected chi connectivity index (χ0v) is 19.7. The fourth-order valence-electron chi connectivity index (χ4n) is 4.49. The first-order chi connectivity index (χ1) is 17.1. The van der Waals surface area contributed by atoms with Crippen LogP contribution in [0.4, 0.5) is 0 Å². The monoisotopic (exact) mass is 480 g/mol. The van der Waals surface area contributed by atoms with Crippen LogP contribution in [0.15, 0.2) is 83.8 Å². The fraction of sp³-hybridized carbons (Fsp3) is 0.107. The van der Waals surface area contributed by atoms with E-state index >= 15 is 0 Å². The molecule has 6 nitrogen and oxygen atoms in total. The van der Waals surface area contributed by atoms with Crippen LogP contribution < -0.4 is 10.3 Å². The van der Waals surface area contributed by atoms with Gasteiger partial charge in [0.1, 0.15) is 11.6 Å². The van der Waals surface area contributed by atoms with Crippen LogP contribution in [0.25, 0.3) is 39.5 Å². The van der Waals surface area contributed by atoms with E-state index in [1.807, 2.05) is 65.5 Å². The highest BCUT2D eigenvalue weighted by Gasteiger charge is 2.22. The van der Waals surface area contributed by atoms with E-state index in [0.717, 1.165) is 33.8 Å². The summed E-state index contributed by atoms with van der Waals surface area (Å²) in [6.45, 7) is 0.594. The van der Waals surface area contributed by atoms with Crippen molar-refractivity contribution in [1.82, 2.24) is 19.3 Å². The molecule has 0 spiro atoms. The molecule has 1 aliphatic heterocycles. The third-order valence-corrected chi connectivity index (χ3v) is 6.50. The van der Waals surface area contributed by atoms with E-state index in [9.17, 15) is 4.79 Å². The van der Waals surface area contributed by atoms with Gasteiger partial charge >= 0.3 is 0 Å². The predicted octanol–water partition coefficient (Wildman–Crippen LogP) is 5.86. The van der Waals surface area contributed by atoms with Crippen LogP contribution in [0.1, 0.15) is 17.8 Å². The number of nitrogens with zero attached hydrogens (tertiary/aromatic N) is 4. The normalized spacial score (nSPS) is 13.9. The minimum atomic E-state index is -0.0413. The molecule has 0 radical (unpaired) electrons. The molecule has 35 heavy (non-hydrogen) atoms. The zero-order valence-electron chi connectivity index (χ0n) is 19.0. The topological polar surface area (TPSA) is 61.9 Å². The summed E-state index contributed by atoms with van der Waals surface area (Å²) < 4.78 is 8.95. The lowest BCUT2D eigenvalue weighted by Crippen LogP contribution is -2.20. The van der Waals surface area contributed by atoms with E-state index in [2.05, 4.69) is 6.08 Å². The maximum Gasteiger partial charge on any atom is 0.261 e. The van der Waals surface area contributed by atoms with E-state index in [0.29, 0.717) is 34.7 Å². The number of ether oxygens (including phenoxy) is 1. The number of halogens is 1. The van der Waals surface area contributed by atoms with Crippen molar-refractivity contribution in [3.8, 4) is 22.7 Å². The maximum absolute atomic E-state index is 13.1. The number of hydrogen-bond donors (Lipinski definition) is 0. The molecule has 0 fully saturated rings. The SMILES string of the molecule is COc1ccc(-c2nn(-c3ccccc3)cc2/C=C2/CCn3c2nc2cc(Cl)ccc2c3=O)cc1. The van der Waals surface area contributed by atoms with Crippen LogP contribution in [0.5, 0.6) is 5.75 Å². The van der Waals surface area contributed by atoms with Gasteiger partial charge in [-0.05, 0) is 72.7 Å². The van der Waals surface area contributed by atoms with Crippen LogP contribution >= 0.6 is 11.6 Å². The maximum atomic E-state index is 13.1. The van der Waals surface area contributed by atoms with Crippen molar-refractivity contribution in [1.29, 1.82) is 0 Å². The van der Waals surface area contributed by atoms with Crippen molar-refractivity contribution in [2.45, 2.75) is 13.0 Å². The highest BCUT2D eigenvalue weighted by molar-refractivity contribution is 6.31. The molecule has 3 heterocycles. The second-order valence-corrected chi connectivity index (χ2v) is 8.85. The number of aromatic nitrogens is 4. The van der Waals surface area contributed by atoms with Gasteiger partial charge in [0.25, 0.3) is 5.56 Å². The lowest BCUT2D eigenvalue weighted by atomic mass is 10.0. The van der Waals surface area contributed by atoms with Gasteiger partial charge in [-0.25, -0.2) is 9.67 Å². The van der Waals surface area contributed by atoms with Crippen LogP contribution in [0.3, 0.4) is 0 Å². The highest BCUT2D eigenvalue weighted by atomic mass is 35.5. The molecule has 0 amide bonds. The zero-order chi connectivity index (χ0) is 23.9. The lowest BCUT2D eigenvalue weighted by molar-refractivity contribution is 0.415. The summed E-state index contributed by atoms with van der Waals surface area (Å²) in [6, 6.07) is 23.1. The Morgan fingerprint density at radius 3 is 2.60 bits per heavy atom. The number of fused-ring (bicyclic) bond motifs is 2. The number of allylic oxidation sites excluding steroid dienone is 1. The van der Waals surface area contributed by atoms with Gasteiger partial charge in [-0.3, -0.25) is 9.36 Å². The molecule has 0 N–H and O–H groups in total. The minimum absolute atomic E-state index is 0.0413. The quantitative estimate of drug-likeness (QED) is 0.323. The van der Waals surface area contributed by atoms with Crippen LogP contribution in [0.2, 0.25) is 5.02 Å². The van der Waals surface area contributed by atoms with E-state index in [-0.39, 0.29) is 5.56 Å². The van der Waals surface area contributed by atoms with Crippen molar-refractivity contribution in [2.75, 3.05) is 7.11 Å². The average Bonchev–Trinajstić information content (AvgIpc) is 3.49. The lowest BCUT2D eigenvalue weighted by Gasteiger charge is -2.06. The molecule has 0 saturated carbocycles. The number of benzene rings is 3. The van der Waals surface area contributed by atoms with Gasteiger partial charge in [-0.1, -0.05) is 29.8 Å². The van der Waals surface area contributed by atoms with E-state index < -0.39 is 0 Å². The van der Waals surface area contributed by atoms with Gasteiger partial charge in [0.05, 0.1) is 29.4 Å². The molecule has 1 aliphatic rings. The van der Waals surface area contributed by atoms with Crippen LogP contribution in [0, 0.1) is 0 Å². The van der Waals surface area contributed by atoms with E-state index in [1.54, 1.807) is 29.9 Å². The van der Waals surface area contributed by atoms with Gasteiger partial charge in [0, 0.05) is 28.9 Å². The summed E-state index contributed by atoms with van der Waals surface area (Å²) in [5, 5.41) is 6.05. The van der Waals surface area contributed by atoms with Crippen LogP contribution in [-0.4, -0.2) is 26.4 Å². The first kappa shape index (κ1) is 21.4. The molecular formula is C28H21ClN4O2. The summed E-state index contributed by atoms with van der Waals surface area (Å²) in [6.07, 6.45) is 4.82. The van der Waals surface area contributed by atoms with Gasteiger partial charge < -0.3 is 4.74 Å². The first-order valence-corrected chi connectivity index (χ1v) is 11.7. The van der Waals surface area contributed by atoms with Crippen molar-refractivity contribution in [3.05, 3.63) is 106 Å². The Morgan fingerprint density at radius 1 is 1.03 bits per heavy atom. The van der Waals surface area contributed by atoms with Crippen molar-refractivity contribution in [2.24, 2.45) is 0 Å². The first-order valence-electron chi connectivity index (χ1n) is 11.3. The summed E-state index contributed by atoms with van der Waals surface area (Å²) in [7, 11) is 1.65. The summed E-state index contributed by atoms with van der Waals surface area (Å²) in [5.41, 5.74) is 5.29. The van der Waals surface area contributed by atoms with Crippen molar-refractivity contribution in [3.63, 3.8) is 0 Å². The second kappa shape index (κ2) is 8.56. The molecule has 7 heteroatoms. The number of hydrogen-bond acceptors (Lipinski definition) is 4. The summed E-state index contributed by atoms with van der Waals surface area (Å²) >= 11 is 6.18. The average molecular weight is 481 g/mol. The third-order valence-electron chi connectivity index (χ3n) is 6.27. The Hall–Kier alpha value is -4.16. The highest BCUT2D eigenvalue weighted by Crippen LogP contribution is 2.32. The summed E-state index contributed by atoms with van der Waals surface area (Å²) in [5.74, 6) is 1.47. The Kier molecular flexibility index (Phi) is 5.23. The molecule has 172 valence electrons. The molecular weight excluding hydrogens is 460 g/mol. The molecule has 6 rings (SSSR count). The van der Waals surface area contributed by atoms with E-state index in [1.165, 1.54) is 0 Å². The number of methoxy groups -OCH3 is 1. The van der Waals surface area contributed by atoms with Gasteiger partial charge in [0.15, 0.2) is 0 Å². The molecule has 0 atom stereocenters. The van der Waals surface area contributed by atoms with Gasteiger partial charge in [0.2, 0.25) is 0 Å². The number of rotatable bonds is 4. The molecule has 5 aromatic rings. The predicted molar refractivity (Wildman–Crippen MR) is 139 cm³/mol. The van der Waals surface area contributed by atoms with E-state index in [4.69, 9.17) is 26.4 Å². The number of para-hydroxylation sites is 1. The van der Waals surface area contributed by atoms with Crippen molar-refractivity contribution < 1.29 is 4.74 Å². The Morgan fingerprint density at radius 2 is 1.83 bits per heavy atom. The fourth-order valence-corrected chi connectivity index (χ4v) is 4.66. The standard InChI is InChI=1S/C28H21ClN4O2/c1-35-23-10-7-18(8-11-23)26-20(17-33(31-26)22-5-3-2-4-6-22)15-19-13-14-32-27(19)30-25-16-21(29)9-12-24(25)28(32)34/h2-12,15-17H,13-14H2,1H3/b19-15-. The Bertz CT molecular complexity index is 1650.